The first-order valence-electron chi connectivity index (χ1n) is 5.51. The molecule has 0 aliphatic carbocycles. The fourth-order valence-corrected chi connectivity index (χ4v) is 1.17. The third-order valence-corrected chi connectivity index (χ3v) is 2.07. The van der Waals surface area contributed by atoms with Gasteiger partial charge >= 0.3 is 0 Å². The van der Waals surface area contributed by atoms with E-state index in [9.17, 15) is 9.59 Å². The number of carbonyl (C=O) groups is 2. The van der Waals surface area contributed by atoms with Crippen molar-refractivity contribution < 1.29 is 9.59 Å². The molecular formula is C12H20N2O2. The van der Waals surface area contributed by atoms with Crippen LogP contribution in [0.4, 0.5) is 0 Å². The molecule has 0 rings (SSSR count). The van der Waals surface area contributed by atoms with E-state index in [1.807, 2.05) is 0 Å². The van der Waals surface area contributed by atoms with Crippen LogP contribution in [0.1, 0.15) is 25.7 Å². The standard InChI is InChI=1S/C12H20N2O2/c1-3-11(15)13-9-7-5-6-8-10-14-12(16)4-2/h3-4H,1-2,5-10H2,(H,13,15)(H,14,16). The maximum Gasteiger partial charge on any atom is 0.243 e. The van der Waals surface area contributed by atoms with E-state index in [4.69, 9.17) is 0 Å². The number of amides is 2. The summed E-state index contributed by atoms with van der Waals surface area (Å²) in [5.74, 6) is -0.253. The molecule has 0 saturated carbocycles. The summed E-state index contributed by atoms with van der Waals surface area (Å²) in [7, 11) is 0. The summed E-state index contributed by atoms with van der Waals surface area (Å²) in [5, 5.41) is 5.42. The lowest BCUT2D eigenvalue weighted by Gasteiger charge is -2.03. The fraction of sp³-hybridized carbons (Fsp3) is 0.500. The normalized spacial score (nSPS) is 9.25. The molecule has 4 heteroatoms. The summed E-state index contributed by atoms with van der Waals surface area (Å²) in [5.41, 5.74) is 0. The van der Waals surface area contributed by atoms with Gasteiger partial charge in [0.1, 0.15) is 0 Å². The summed E-state index contributed by atoms with van der Waals surface area (Å²) in [6, 6.07) is 0. The highest BCUT2D eigenvalue weighted by atomic mass is 16.2. The van der Waals surface area contributed by atoms with E-state index in [1.165, 1.54) is 12.2 Å². The number of rotatable bonds is 9. The van der Waals surface area contributed by atoms with Gasteiger partial charge in [-0.15, -0.1) is 0 Å². The van der Waals surface area contributed by atoms with Crippen LogP contribution in [-0.2, 0) is 9.59 Å². The van der Waals surface area contributed by atoms with Crippen LogP contribution in [0.25, 0.3) is 0 Å². The van der Waals surface area contributed by atoms with E-state index in [1.54, 1.807) is 0 Å². The zero-order valence-electron chi connectivity index (χ0n) is 9.63. The molecule has 0 aliphatic rings. The topological polar surface area (TPSA) is 58.2 Å². The fourth-order valence-electron chi connectivity index (χ4n) is 1.17. The molecule has 90 valence electrons. The van der Waals surface area contributed by atoms with Gasteiger partial charge < -0.3 is 10.6 Å². The van der Waals surface area contributed by atoms with Gasteiger partial charge in [-0.2, -0.15) is 0 Å². The van der Waals surface area contributed by atoms with Crippen molar-refractivity contribution in [1.29, 1.82) is 0 Å². The average Bonchev–Trinajstić information content (AvgIpc) is 2.31. The minimum Gasteiger partial charge on any atom is -0.353 e. The first-order valence-corrected chi connectivity index (χ1v) is 5.51. The predicted octanol–water partition coefficient (Wildman–Crippen LogP) is 1.15. The molecule has 0 aromatic carbocycles. The van der Waals surface area contributed by atoms with Crippen LogP contribution in [0.15, 0.2) is 25.3 Å². The second kappa shape index (κ2) is 9.96. The van der Waals surface area contributed by atoms with Crippen molar-refractivity contribution in [3.8, 4) is 0 Å². The Labute approximate surface area is 96.8 Å². The van der Waals surface area contributed by atoms with Gasteiger partial charge in [-0.05, 0) is 25.0 Å². The van der Waals surface area contributed by atoms with Crippen molar-refractivity contribution in [2.75, 3.05) is 13.1 Å². The third kappa shape index (κ3) is 8.99. The molecular weight excluding hydrogens is 204 g/mol. The molecule has 0 bridgehead atoms. The Hall–Kier alpha value is -1.58. The lowest BCUT2D eigenvalue weighted by Crippen LogP contribution is -2.22. The second-order valence-corrected chi connectivity index (χ2v) is 3.40. The lowest BCUT2D eigenvalue weighted by atomic mass is 10.2. The number of nitrogens with one attached hydrogen (secondary N) is 2. The SMILES string of the molecule is C=CC(=O)NCCCCCCNC(=O)C=C. The van der Waals surface area contributed by atoms with Gasteiger partial charge in [-0.3, -0.25) is 9.59 Å². The largest absolute Gasteiger partial charge is 0.353 e. The molecule has 0 aliphatic heterocycles. The van der Waals surface area contributed by atoms with Crippen LogP contribution in [0, 0.1) is 0 Å². The first kappa shape index (κ1) is 14.4. The molecule has 2 amide bonds. The molecule has 2 N–H and O–H groups in total. The highest BCUT2D eigenvalue weighted by Crippen LogP contribution is 1.97. The van der Waals surface area contributed by atoms with E-state index in [0.29, 0.717) is 13.1 Å². The molecule has 16 heavy (non-hydrogen) atoms. The molecule has 0 spiro atoms. The number of carbonyl (C=O) groups excluding carboxylic acids is 2. The van der Waals surface area contributed by atoms with Crippen LogP contribution in [0.2, 0.25) is 0 Å². The number of unbranched alkanes of at least 4 members (excludes halogenated alkanes) is 3. The van der Waals surface area contributed by atoms with E-state index >= 15 is 0 Å². The van der Waals surface area contributed by atoms with E-state index in [2.05, 4.69) is 23.8 Å². The molecule has 0 atom stereocenters. The smallest absolute Gasteiger partial charge is 0.243 e. The molecule has 0 unspecified atom stereocenters. The maximum atomic E-state index is 10.8. The van der Waals surface area contributed by atoms with Crippen LogP contribution in [0.5, 0.6) is 0 Å². The van der Waals surface area contributed by atoms with Gasteiger partial charge in [-0.1, -0.05) is 26.0 Å². The zero-order valence-corrected chi connectivity index (χ0v) is 9.63. The highest BCUT2D eigenvalue weighted by Gasteiger charge is 1.95. The Balaban J connectivity index is 3.15. The molecule has 0 aromatic rings. The number of hydrogen-bond donors (Lipinski definition) is 2. The van der Waals surface area contributed by atoms with Gasteiger partial charge in [0.15, 0.2) is 0 Å². The molecule has 0 saturated heterocycles. The molecule has 0 fully saturated rings. The monoisotopic (exact) mass is 224 g/mol. The lowest BCUT2D eigenvalue weighted by molar-refractivity contribution is -0.117. The van der Waals surface area contributed by atoms with Crippen molar-refractivity contribution in [3.05, 3.63) is 25.3 Å². The van der Waals surface area contributed by atoms with Gasteiger partial charge in [0.25, 0.3) is 0 Å². The summed E-state index contributed by atoms with van der Waals surface area (Å²) in [6.45, 7) is 8.10. The van der Waals surface area contributed by atoms with Gasteiger partial charge in [0.2, 0.25) is 11.8 Å². The van der Waals surface area contributed by atoms with Crippen molar-refractivity contribution >= 4 is 11.8 Å². The Morgan fingerprint density at radius 3 is 1.50 bits per heavy atom. The molecule has 0 radical (unpaired) electrons. The minimum absolute atomic E-state index is 0.127. The van der Waals surface area contributed by atoms with Gasteiger partial charge in [0, 0.05) is 13.1 Å². The Bertz CT molecular complexity index is 223. The highest BCUT2D eigenvalue weighted by molar-refractivity contribution is 5.87. The van der Waals surface area contributed by atoms with E-state index in [0.717, 1.165) is 25.7 Å². The maximum absolute atomic E-state index is 10.8. The molecule has 0 heterocycles. The van der Waals surface area contributed by atoms with Crippen LogP contribution in [-0.4, -0.2) is 24.9 Å². The van der Waals surface area contributed by atoms with Crippen molar-refractivity contribution in [2.24, 2.45) is 0 Å². The first-order chi connectivity index (χ1) is 7.70. The van der Waals surface area contributed by atoms with Crippen molar-refractivity contribution in [1.82, 2.24) is 10.6 Å². The van der Waals surface area contributed by atoms with Gasteiger partial charge in [-0.25, -0.2) is 0 Å². The van der Waals surface area contributed by atoms with Crippen molar-refractivity contribution in [3.63, 3.8) is 0 Å². The Kier molecular flexibility index (Phi) is 8.97. The third-order valence-electron chi connectivity index (χ3n) is 2.07. The quantitative estimate of drug-likeness (QED) is 0.456. The summed E-state index contributed by atoms with van der Waals surface area (Å²) >= 11 is 0. The summed E-state index contributed by atoms with van der Waals surface area (Å²) < 4.78 is 0. The van der Waals surface area contributed by atoms with Gasteiger partial charge in [0.05, 0.1) is 0 Å². The predicted molar refractivity (Wildman–Crippen MR) is 64.9 cm³/mol. The zero-order chi connectivity index (χ0) is 12.2. The van der Waals surface area contributed by atoms with Crippen molar-refractivity contribution in [2.45, 2.75) is 25.7 Å². The molecule has 0 aromatic heterocycles. The average molecular weight is 224 g/mol. The summed E-state index contributed by atoms with van der Waals surface area (Å²) in [4.78, 5) is 21.5. The van der Waals surface area contributed by atoms with Crippen LogP contribution >= 0.6 is 0 Å². The van der Waals surface area contributed by atoms with Crippen LogP contribution < -0.4 is 10.6 Å². The minimum atomic E-state index is -0.127. The molecule has 4 nitrogen and oxygen atoms in total. The Morgan fingerprint density at radius 2 is 1.19 bits per heavy atom. The Morgan fingerprint density at radius 1 is 0.812 bits per heavy atom. The summed E-state index contributed by atoms with van der Waals surface area (Å²) in [6.07, 6.45) is 6.53. The second-order valence-electron chi connectivity index (χ2n) is 3.40. The number of hydrogen-bond acceptors (Lipinski definition) is 2. The van der Waals surface area contributed by atoms with Crippen LogP contribution in [0.3, 0.4) is 0 Å². The van der Waals surface area contributed by atoms with E-state index < -0.39 is 0 Å². The van der Waals surface area contributed by atoms with E-state index in [-0.39, 0.29) is 11.8 Å².